The molecule has 1 unspecified atom stereocenters. The van der Waals surface area contributed by atoms with Crippen LogP contribution in [-0.4, -0.2) is 34.0 Å². The summed E-state index contributed by atoms with van der Waals surface area (Å²) in [6.45, 7) is 3.22. The molecule has 5 nitrogen and oxygen atoms in total. The van der Waals surface area contributed by atoms with Gasteiger partial charge in [0.2, 0.25) is 11.8 Å². The summed E-state index contributed by atoms with van der Waals surface area (Å²) in [4.78, 5) is 18.5. The van der Waals surface area contributed by atoms with Crippen LogP contribution in [0.25, 0.3) is 6.08 Å². The van der Waals surface area contributed by atoms with Crippen molar-refractivity contribution in [1.29, 1.82) is 0 Å². The number of likely N-dealkylation sites (tertiary alicyclic amines) is 1. The first-order chi connectivity index (χ1) is 10.7. The summed E-state index contributed by atoms with van der Waals surface area (Å²) < 4.78 is 5.24. The standard InChI is InChI=1S/C17H19N3O2/c1-13-18-17(22-19-13)15-8-5-11-20(12-15)16(21)10-9-14-6-3-2-4-7-14/h2-4,6-7,9-10,15H,5,8,11-12H2,1H3. The maximum Gasteiger partial charge on any atom is 0.246 e. The predicted molar refractivity (Wildman–Crippen MR) is 83.1 cm³/mol. The van der Waals surface area contributed by atoms with Crippen molar-refractivity contribution >= 4 is 12.0 Å². The van der Waals surface area contributed by atoms with Crippen LogP contribution < -0.4 is 0 Å². The first-order valence-corrected chi connectivity index (χ1v) is 7.54. The van der Waals surface area contributed by atoms with Gasteiger partial charge in [0.15, 0.2) is 5.82 Å². The van der Waals surface area contributed by atoms with E-state index in [0.29, 0.717) is 18.3 Å². The van der Waals surface area contributed by atoms with Gasteiger partial charge in [-0.1, -0.05) is 35.5 Å². The SMILES string of the molecule is Cc1noc(C2CCCN(C(=O)C=Cc3ccccc3)C2)n1. The fourth-order valence-electron chi connectivity index (χ4n) is 2.69. The van der Waals surface area contributed by atoms with Crippen molar-refractivity contribution in [1.82, 2.24) is 15.0 Å². The number of hydrogen-bond donors (Lipinski definition) is 0. The van der Waals surface area contributed by atoms with Crippen molar-refractivity contribution in [2.24, 2.45) is 0 Å². The monoisotopic (exact) mass is 297 g/mol. The molecule has 3 rings (SSSR count). The highest BCUT2D eigenvalue weighted by Crippen LogP contribution is 2.25. The quantitative estimate of drug-likeness (QED) is 0.817. The van der Waals surface area contributed by atoms with E-state index in [9.17, 15) is 4.79 Å². The average Bonchev–Trinajstić information content (AvgIpc) is 3.00. The summed E-state index contributed by atoms with van der Waals surface area (Å²) in [6.07, 6.45) is 5.42. The lowest BCUT2D eigenvalue weighted by Crippen LogP contribution is -2.38. The summed E-state index contributed by atoms with van der Waals surface area (Å²) in [5, 5.41) is 3.83. The van der Waals surface area contributed by atoms with Crippen molar-refractivity contribution < 1.29 is 9.32 Å². The fourth-order valence-corrected chi connectivity index (χ4v) is 2.69. The van der Waals surface area contributed by atoms with Crippen LogP contribution in [0.5, 0.6) is 0 Å². The molecule has 1 amide bonds. The molecule has 5 heteroatoms. The fraction of sp³-hybridized carbons (Fsp3) is 0.353. The number of amides is 1. The van der Waals surface area contributed by atoms with E-state index in [0.717, 1.165) is 24.9 Å². The van der Waals surface area contributed by atoms with Crippen LogP contribution in [-0.2, 0) is 4.79 Å². The van der Waals surface area contributed by atoms with Gasteiger partial charge in [0, 0.05) is 19.2 Å². The van der Waals surface area contributed by atoms with Gasteiger partial charge in [0.1, 0.15) is 0 Å². The Hall–Kier alpha value is -2.43. The Balaban J connectivity index is 1.64. The maximum atomic E-state index is 12.3. The number of aromatic nitrogens is 2. The lowest BCUT2D eigenvalue weighted by Gasteiger charge is -2.30. The lowest BCUT2D eigenvalue weighted by atomic mass is 9.98. The molecule has 0 radical (unpaired) electrons. The van der Waals surface area contributed by atoms with Crippen molar-refractivity contribution in [2.75, 3.05) is 13.1 Å². The molecule has 1 aliphatic rings. The highest BCUT2D eigenvalue weighted by Gasteiger charge is 2.27. The van der Waals surface area contributed by atoms with Crippen molar-refractivity contribution in [3.63, 3.8) is 0 Å². The molecule has 0 spiro atoms. The van der Waals surface area contributed by atoms with E-state index in [2.05, 4.69) is 10.1 Å². The summed E-state index contributed by atoms with van der Waals surface area (Å²) in [6, 6.07) is 9.83. The van der Waals surface area contributed by atoms with Gasteiger partial charge in [0.25, 0.3) is 0 Å². The number of carbonyl (C=O) groups is 1. The highest BCUT2D eigenvalue weighted by atomic mass is 16.5. The van der Waals surface area contributed by atoms with Crippen LogP contribution in [0.3, 0.4) is 0 Å². The molecule has 2 heterocycles. The Kier molecular flexibility index (Phi) is 4.32. The van der Waals surface area contributed by atoms with Gasteiger partial charge in [0.05, 0.1) is 5.92 Å². The Morgan fingerprint density at radius 2 is 2.18 bits per heavy atom. The Labute approximate surface area is 129 Å². The zero-order valence-electron chi connectivity index (χ0n) is 12.6. The number of rotatable bonds is 3. The van der Waals surface area contributed by atoms with Crippen LogP contribution in [0.1, 0.15) is 36.0 Å². The van der Waals surface area contributed by atoms with Gasteiger partial charge >= 0.3 is 0 Å². The van der Waals surface area contributed by atoms with Crippen LogP contribution >= 0.6 is 0 Å². The van der Waals surface area contributed by atoms with Crippen LogP contribution in [0, 0.1) is 6.92 Å². The van der Waals surface area contributed by atoms with E-state index >= 15 is 0 Å². The van der Waals surface area contributed by atoms with E-state index in [1.807, 2.05) is 41.3 Å². The average molecular weight is 297 g/mol. The normalized spacial score (nSPS) is 18.8. The van der Waals surface area contributed by atoms with Crippen LogP contribution in [0.4, 0.5) is 0 Å². The largest absolute Gasteiger partial charge is 0.339 e. The molecule has 0 N–H and O–H groups in total. The molecule has 0 aliphatic carbocycles. The van der Waals surface area contributed by atoms with Crippen LogP contribution in [0.15, 0.2) is 40.9 Å². The van der Waals surface area contributed by atoms with Crippen molar-refractivity contribution in [3.8, 4) is 0 Å². The molecule has 1 atom stereocenters. The van der Waals surface area contributed by atoms with E-state index in [-0.39, 0.29) is 11.8 Å². The third-order valence-corrected chi connectivity index (χ3v) is 3.84. The van der Waals surface area contributed by atoms with Gasteiger partial charge in [-0.25, -0.2) is 0 Å². The van der Waals surface area contributed by atoms with Gasteiger partial charge in [-0.15, -0.1) is 0 Å². The van der Waals surface area contributed by atoms with Crippen molar-refractivity contribution in [2.45, 2.75) is 25.7 Å². The molecule has 1 fully saturated rings. The van der Waals surface area contributed by atoms with E-state index in [1.54, 1.807) is 13.0 Å². The number of aryl methyl sites for hydroxylation is 1. The molecule has 1 aromatic carbocycles. The van der Waals surface area contributed by atoms with Gasteiger partial charge in [-0.05, 0) is 31.4 Å². The Bertz CT molecular complexity index is 664. The second-order valence-corrected chi connectivity index (χ2v) is 5.55. The predicted octanol–water partition coefficient (Wildman–Crippen LogP) is 2.80. The Morgan fingerprint density at radius 3 is 2.91 bits per heavy atom. The minimum Gasteiger partial charge on any atom is -0.339 e. The molecule has 114 valence electrons. The first-order valence-electron chi connectivity index (χ1n) is 7.54. The number of piperidine rings is 1. The molecule has 2 aromatic rings. The highest BCUT2D eigenvalue weighted by molar-refractivity contribution is 5.91. The number of hydrogen-bond acceptors (Lipinski definition) is 4. The molecular formula is C17H19N3O2. The van der Waals surface area contributed by atoms with E-state index in [1.165, 1.54) is 0 Å². The second kappa shape index (κ2) is 6.56. The Morgan fingerprint density at radius 1 is 1.36 bits per heavy atom. The second-order valence-electron chi connectivity index (χ2n) is 5.55. The third kappa shape index (κ3) is 3.42. The van der Waals surface area contributed by atoms with Crippen LogP contribution in [0.2, 0.25) is 0 Å². The zero-order valence-corrected chi connectivity index (χ0v) is 12.6. The number of nitrogens with zero attached hydrogens (tertiary/aromatic N) is 3. The van der Waals surface area contributed by atoms with E-state index in [4.69, 9.17) is 4.52 Å². The first kappa shape index (κ1) is 14.5. The molecule has 0 saturated carbocycles. The number of benzene rings is 1. The topological polar surface area (TPSA) is 59.2 Å². The molecule has 1 saturated heterocycles. The minimum absolute atomic E-state index is 0.0322. The molecule has 22 heavy (non-hydrogen) atoms. The number of carbonyl (C=O) groups excluding carboxylic acids is 1. The summed E-state index contributed by atoms with van der Waals surface area (Å²) in [7, 11) is 0. The van der Waals surface area contributed by atoms with Gasteiger partial charge in [-0.3, -0.25) is 4.79 Å². The lowest BCUT2D eigenvalue weighted by molar-refractivity contribution is -0.127. The summed E-state index contributed by atoms with van der Waals surface area (Å²) >= 11 is 0. The molecule has 1 aliphatic heterocycles. The summed E-state index contributed by atoms with van der Waals surface area (Å²) in [5.41, 5.74) is 1.02. The minimum atomic E-state index is 0.0322. The van der Waals surface area contributed by atoms with Gasteiger partial charge in [-0.2, -0.15) is 4.98 Å². The zero-order chi connectivity index (χ0) is 15.4. The summed E-state index contributed by atoms with van der Waals surface area (Å²) in [5.74, 6) is 1.46. The molecular weight excluding hydrogens is 278 g/mol. The molecule has 0 bridgehead atoms. The van der Waals surface area contributed by atoms with Gasteiger partial charge < -0.3 is 9.42 Å². The molecule has 1 aromatic heterocycles. The van der Waals surface area contributed by atoms with E-state index < -0.39 is 0 Å². The van der Waals surface area contributed by atoms with Crippen molar-refractivity contribution in [3.05, 3.63) is 53.7 Å². The smallest absolute Gasteiger partial charge is 0.246 e. The third-order valence-electron chi connectivity index (χ3n) is 3.84. The maximum absolute atomic E-state index is 12.3.